The van der Waals surface area contributed by atoms with E-state index in [2.05, 4.69) is 20.8 Å². The van der Waals surface area contributed by atoms with E-state index in [9.17, 15) is 4.79 Å². The maximum absolute atomic E-state index is 12.6. The van der Waals surface area contributed by atoms with Crippen LogP contribution in [0.25, 0.3) is 5.69 Å². The first-order valence-electron chi connectivity index (χ1n) is 7.10. The van der Waals surface area contributed by atoms with Crippen LogP contribution in [0.4, 0.5) is 0 Å². The Morgan fingerprint density at radius 1 is 1.55 bits per heavy atom. The number of rotatable bonds is 4. The van der Waals surface area contributed by atoms with E-state index in [-0.39, 0.29) is 18.1 Å². The van der Waals surface area contributed by atoms with Gasteiger partial charge in [-0.25, -0.2) is 0 Å². The second-order valence-electron chi connectivity index (χ2n) is 5.23. The number of benzene rings is 1. The first kappa shape index (κ1) is 14.9. The lowest BCUT2D eigenvalue weighted by molar-refractivity contribution is 0.0712. The van der Waals surface area contributed by atoms with E-state index in [1.807, 2.05) is 6.92 Å². The molecule has 2 aromatic rings. The summed E-state index contributed by atoms with van der Waals surface area (Å²) in [4.78, 5) is 12.6. The first-order valence-corrected chi connectivity index (χ1v) is 7.48. The maximum Gasteiger partial charge on any atom is 0.253 e. The van der Waals surface area contributed by atoms with E-state index < -0.39 is 0 Å². The Hall–Kier alpha value is -1.99. The van der Waals surface area contributed by atoms with E-state index in [1.54, 1.807) is 18.2 Å². The predicted molar refractivity (Wildman–Crippen MR) is 80.1 cm³/mol. The molecule has 1 fully saturated rings. The van der Waals surface area contributed by atoms with Gasteiger partial charge in [0.2, 0.25) is 0 Å². The van der Waals surface area contributed by atoms with Gasteiger partial charge in [0.25, 0.3) is 5.91 Å². The van der Waals surface area contributed by atoms with Crippen molar-refractivity contribution in [2.75, 3.05) is 6.61 Å². The van der Waals surface area contributed by atoms with Crippen LogP contribution < -0.4 is 5.32 Å². The molecule has 0 aliphatic carbocycles. The Morgan fingerprint density at radius 3 is 3.09 bits per heavy atom. The maximum atomic E-state index is 12.6. The molecular weight excluding hydrogens is 306 g/mol. The van der Waals surface area contributed by atoms with Gasteiger partial charge in [0.15, 0.2) is 0 Å². The number of nitrogens with one attached hydrogen (secondary N) is 1. The Bertz CT molecular complexity index is 655. The molecule has 7 nitrogen and oxygen atoms in total. The smallest absolute Gasteiger partial charge is 0.253 e. The van der Waals surface area contributed by atoms with Gasteiger partial charge in [-0.3, -0.25) is 4.79 Å². The molecule has 2 unspecified atom stereocenters. The molecule has 0 saturated carbocycles. The van der Waals surface area contributed by atoms with Crippen molar-refractivity contribution in [1.29, 1.82) is 0 Å². The Labute approximate surface area is 132 Å². The van der Waals surface area contributed by atoms with Crippen LogP contribution in [0.1, 0.15) is 30.1 Å². The van der Waals surface area contributed by atoms with Crippen molar-refractivity contribution < 1.29 is 9.53 Å². The van der Waals surface area contributed by atoms with Crippen LogP contribution in [0.2, 0.25) is 5.02 Å². The summed E-state index contributed by atoms with van der Waals surface area (Å²) in [6.07, 6.45) is 3.47. The van der Waals surface area contributed by atoms with E-state index in [4.69, 9.17) is 16.3 Å². The highest BCUT2D eigenvalue weighted by Crippen LogP contribution is 2.20. The second kappa shape index (κ2) is 6.41. The van der Waals surface area contributed by atoms with Gasteiger partial charge in [-0.1, -0.05) is 11.6 Å². The number of halogens is 1. The highest BCUT2D eigenvalue weighted by Gasteiger charge is 2.25. The van der Waals surface area contributed by atoms with Gasteiger partial charge in [-0.05, 0) is 48.4 Å². The van der Waals surface area contributed by atoms with E-state index in [1.165, 1.54) is 11.0 Å². The molecule has 8 heteroatoms. The lowest BCUT2D eigenvalue weighted by Gasteiger charge is -2.20. The number of hydrogen-bond donors (Lipinski definition) is 1. The molecule has 1 aliphatic heterocycles. The van der Waals surface area contributed by atoms with Crippen molar-refractivity contribution in [1.82, 2.24) is 25.5 Å². The molecule has 0 bridgehead atoms. The van der Waals surface area contributed by atoms with Crippen molar-refractivity contribution in [3.63, 3.8) is 0 Å². The average molecular weight is 322 g/mol. The van der Waals surface area contributed by atoms with Crippen LogP contribution in [-0.2, 0) is 4.74 Å². The molecule has 1 saturated heterocycles. The topological polar surface area (TPSA) is 81.9 Å². The van der Waals surface area contributed by atoms with Crippen molar-refractivity contribution in [2.24, 2.45) is 0 Å². The SMILES string of the molecule is CC(NC(=O)c1cc(Cl)ccc1-n1cnnn1)C1CCCO1. The molecule has 2 atom stereocenters. The first-order chi connectivity index (χ1) is 10.6. The number of carbonyl (C=O) groups is 1. The molecule has 0 spiro atoms. The molecule has 1 aliphatic rings. The lowest BCUT2D eigenvalue weighted by atomic mass is 10.1. The fourth-order valence-corrected chi connectivity index (χ4v) is 2.71. The minimum absolute atomic E-state index is 0.0552. The zero-order valence-electron chi connectivity index (χ0n) is 12.1. The number of aromatic nitrogens is 4. The molecular formula is C14H16ClN5O2. The largest absolute Gasteiger partial charge is 0.376 e. The van der Waals surface area contributed by atoms with Gasteiger partial charge in [0, 0.05) is 11.6 Å². The predicted octanol–water partition coefficient (Wildman–Crippen LogP) is 1.61. The molecule has 116 valence electrons. The fourth-order valence-electron chi connectivity index (χ4n) is 2.54. The summed E-state index contributed by atoms with van der Waals surface area (Å²) in [5.74, 6) is -0.226. The van der Waals surface area contributed by atoms with E-state index in [0.717, 1.165) is 19.4 Å². The standard InChI is InChI=1S/C14H16ClN5O2/c1-9(13-3-2-6-22-13)17-14(21)11-7-10(15)4-5-12(11)20-8-16-18-19-20/h4-5,7-9,13H,2-3,6H2,1H3,(H,17,21). The number of nitrogens with zero attached hydrogens (tertiary/aromatic N) is 4. The molecule has 1 aromatic carbocycles. The third-order valence-corrected chi connectivity index (χ3v) is 3.92. The second-order valence-corrected chi connectivity index (χ2v) is 5.67. The quantitative estimate of drug-likeness (QED) is 0.925. The van der Waals surface area contributed by atoms with Gasteiger partial charge < -0.3 is 10.1 Å². The van der Waals surface area contributed by atoms with Crippen LogP contribution in [-0.4, -0.2) is 44.9 Å². The molecule has 22 heavy (non-hydrogen) atoms. The van der Waals surface area contributed by atoms with Crippen LogP contribution in [0.5, 0.6) is 0 Å². The van der Waals surface area contributed by atoms with Crippen LogP contribution in [0.15, 0.2) is 24.5 Å². The highest BCUT2D eigenvalue weighted by molar-refractivity contribution is 6.31. The van der Waals surface area contributed by atoms with Gasteiger partial charge in [-0.2, -0.15) is 4.68 Å². The summed E-state index contributed by atoms with van der Waals surface area (Å²) in [5.41, 5.74) is 0.996. The molecule has 1 amide bonds. The Kier molecular flexibility index (Phi) is 4.35. The number of tetrazole rings is 1. The summed E-state index contributed by atoms with van der Waals surface area (Å²) < 4.78 is 7.03. The summed E-state index contributed by atoms with van der Waals surface area (Å²) in [5, 5.41) is 14.5. The third kappa shape index (κ3) is 3.10. The molecule has 3 rings (SSSR count). The summed E-state index contributed by atoms with van der Waals surface area (Å²) in [6, 6.07) is 4.94. The van der Waals surface area contributed by atoms with E-state index in [0.29, 0.717) is 16.3 Å². The van der Waals surface area contributed by atoms with Gasteiger partial charge in [-0.15, -0.1) is 5.10 Å². The average Bonchev–Trinajstić information content (AvgIpc) is 3.20. The van der Waals surface area contributed by atoms with Crippen LogP contribution in [0, 0.1) is 0 Å². The van der Waals surface area contributed by atoms with E-state index >= 15 is 0 Å². The minimum atomic E-state index is -0.226. The summed E-state index contributed by atoms with van der Waals surface area (Å²) >= 11 is 6.02. The van der Waals surface area contributed by atoms with Crippen molar-refractivity contribution in [3.05, 3.63) is 35.1 Å². The van der Waals surface area contributed by atoms with Crippen LogP contribution in [0.3, 0.4) is 0 Å². The van der Waals surface area contributed by atoms with Crippen molar-refractivity contribution >= 4 is 17.5 Å². The van der Waals surface area contributed by atoms with Crippen LogP contribution >= 0.6 is 11.6 Å². The molecule has 1 aromatic heterocycles. The third-order valence-electron chi connectivity index (χ3n) is 3.68. The molecule has 1 N–H and O–H groups in total. The highest BCUT2D eigenvalue weighted by atomic mass is 35.5. The fraction of sp³-hybridized carbons (Fsp3) is 0.429. The number of ether oxygens (including phenoxy) is 1. The zero-order chi connectivity index (χ0) is 15.5. The molecule has 2 heterocycles. The van der Waals surface area contributed by atoms with Crippen molar-refractivity contribution in [2.45, 2.75) is 31.9 Å². The minimum Gasteiger partial charge on any atom is -0.376 e. The van der Waals surface area contributed by atoms with Gasteiger partial charge >= 0.3 is 0 Å². The summed E-state index contributed by atoms with van der Waals surface area (Å²) in [7, 11) is 0. The molecule has 0 radical (unpaired) electrons. The van der Waals surface area contributed by atoms with Gasteiger partial charge in [0.05, 0.1) is 23.4 Å². The Balaban J connectivity index is 1.83. The van der Waals surface area contributed by atoms with Gasteiger partial charge in [0.1, 0.15) is 6.33 Å². The number of amides is 1. The number of hydrogen-bond acceptors (Lipinski definition) is 5. The number of carbonyl (C=O) groups excluding carboxylic acids is 1. The normalized spacial score (nSPS) is 19.1. The van der Waals surface area contributed by atoms with Crippen molar-refractivity contribution in [3.8, 4) is 5.69 Å². The monoisotopic (exact) mass is 321 g/mol. The lowest BCUT2D eigenvalue weighted by Crippen LogP contribution is -2.41. The Morgan fingerprint density at radius 2 is 2.41 bits per heavy atom. The summed E-state index contributed by atoms with van der Waals surface area (Å²) in [6.45, 7) is 2.69. The zero-order valence-corrected chi connectivity index (χ0v) is 12.8.